The van der Waals surface area contributed by atoms with Crippen LogP contribution in [0.25, 0.3) is 0 Å². The van der Waals surface area contributed by atoms with E-state index < -0.39 is 0 Å². The fourth-order valence-corrected chi connectivity index (χ4v) is 2.92. The average molecular weight is 365 g/mol. The normalized spacial score (nSPS) is 19.7. The summed E-state index contributed by atoms with van der Waals surface area (Å²) in [6.45, 7) is 1.49. The fraction of sp³-hybridized carbons (Fsp3) is 0.417. The Bertz CT molecular complexity index is 439. The second kappa shape index (κ2) is 5.48. The molecular formula is C12H12Br2FNO. The number of hydrogen-bond donors (Lipinski definition) is 0. The maximum atomic E-state index is 13.1. The zero-order valence-corrected chi connectivity index (χ0v) is 12.3. The summed E-state index contributed by atoms with van der Waals surface area (Å²) in [5, 5.41) is 0.904. The van der Waals surface area contributed by atoms with Crippen molar-refractivity contribution in [2.75, 3.05) is 18.4 Å². The summed E-state index contributed by atoms with van der Waals surface area (Å²) in [5.74, 6) is 0.0268. The number of alkyl halides is 1. The van der Waals surface area contributed by atoms with Crippen molar-refractivity contribution in [2.24, 2.45) is 5.92 Å². The molecule has 0 spiro atoms. The van der Waals surface area contributed by atoms with E-state index in [4.69, 9.17) is 0 Å². The highest BCUT2D eigenvalue weighted by Gasteiger charge is 2.27. The van der Waals surface area contributed by atoms with E-state index in [0.29, 0.717) is 16.0 Å². The van der Waals surface area contributed by atoms with E-state index in [1.165, 1.54) is 12.1 Å². The standard InChI is InChI=1S/C12H12Br2FNO/c13-6-8-3-4-16(7-8)12(17)10-5-9(15)1-2-11(10)14/h1-2,5,8H,3-4,6-7H2. The molecule has 1 atom stereocenters. The molecule has 0 aromatic heterocycles. The molecule has 5 heteroatoms. The minimum Gasteiger partial charge on any atom is -0.338 e. The quantitative estimate of drug-likeness (QED) is 0.736. The van der Waals surface area contributed by atoms with Gasteiger partial charge in [-0.2, -0.15) is 0 Å². The smallest absolute Gasteiger partial charge is 0.255 e. The van der Waals surface area contributed by atoms with Crippen molar-refractivity contribution in [3.8, 4) is 0 Å². The maximum absolute atomic E-state index is 13.1. The van der Waals surface area contributed by atoms with Crippen molar-refractivity contribution in [2.45, 2.75) is 6.42 Å². The fourth-order valence-electron chi connectivity index (χ4n) is 1.97. The van der Waals surface area contributed by atoms with E-state index in [9.17, 15) is 9.18 Å². The molecular weight excluding hydrogens is 353 g/mol. The van der Waals surface area contributed by atoms with Crippen molar-refractivity contribution < 1.29 is 9.18 Å². The summed E-state index contributed by atoms with van der Waals surface area (Å²) in [4.78, 5) is 14.0. The Kier molecular flexibility index (Phi) is 4.20. The average Bonchev–Trinajstić information content (AvgIpc) is 2.80. The number of amides is 1. The molecule has 17 heavy (non-hydrogen) atoms. The lowest BCUT2D eigenvalue weighted by Gasteiger charge is -2.17. The maximum Gasteiger partial charge on any atom is 0.255 e. The van der Waals surface area contributed by atoms with Crippen LogP contribution in [0.1, 0.15) is 16.8 Å². The van der Waals surface area contributed by atoms with E-state index in [2.05, 4.69) is 31.9 Å². The molecule has 0 radical (unpaired) electrons. The first kappa shape index (κ1) is 13.0. The van der Waals surface area contributed by atoms with Crippen LogP contribution in [0.3, 0.4) is 0 Å². The molecule has 0 saturated carbocycles. The Morgan fingerprint density at radius 2 is 2.29 bits per heavy atom. The molecule has 1 amide bonds. The number of halogens is 3. The Labute approximate surface area is 116 Å². The van der Waals surface area contributed by atoms with E-state index in [1.54, 1.807) is 11.0 Å². The second-order valence-corrected chi connectivity index (χ2v) is 5.69. The molecule has 1 fully saturated rings. The third kappa shape index (κ3) is 2.88. The number of benzene rings is 1. The number of likely N-dealkylation sites (tertiary alicyclic amines) is 1. The Balaban J connectivity index is 2.17. The molecule has 92 valence electrons. The number of carbonyl (C=O) groups excluding carboxylic acids is 1. The van der Waals surface area contributed by atoms with Gasteiger partial charge >= 0.3 is 0 Å². The van der Waals surface area contributed by atoms with Crippen molar-refractivity contribution >= 4 is 37.8 Å². The monoisotopic (exact) mass is 363 g/mol. The first-order chi connectivity index (χ1) is 8.11. The third-order valence-electron chi connectivity index (χ3n) is 2.95. The van der Waals surface area contributed by atoms with E-state index in [-0.39, 0.29) is 11.7 Å². The Morgan fingerprint density at radius 3 is 2.94 bits per heavy atom. The van der Waals surface area contributed by atoms with Gasteiger partial charge in [-0.05, 0) is 46.5 Å². The van der Waals surface area contributed by atoms with Crippen LogP contribution in [0.15, 0.2) is 22.7 Å². The summed E-state index contributed by atoms with van der Waals surface area (Å²) in [6, 6.07) is 4.20. The van der Waals surface area contributed by atoms with Crippen molar-refractivity contribution in [1.29, 1.82) is 0 Å². The summed E-state index contributed by atoms with van der Waals surface area (Å²) >= 11 is 6.71. The van der Waals surface area contributed by atoms with Gasteiger partial charge in [0.25, 0.3) is 5.91 Å². The van der Waals surface area contributed by atoms with Crippen LogP contribution in [0, 0.1) is 11.7 Å². The highest BCUT2D eigenvalue weighted by molar-refractivity contribution is 9.10. The molecule has 2 nitrogen and oxygen atoms in total. The Hall–Kier alpha value is -0.420. The third-order valence-corrected chi connectivity index (χ3v) is 4.56. The number of nitrogens with zero attached hydrogens (tertiary/aromatic N) is 1. The predicted molar refractivity (Wildman–Crippen MR) is 71.9 cm³/mol. The Morgan fingerprint density at radius 1 is 1.53 bits per heavy atom. The van der Waals surface area contributed by atoms with Gasteiger partial charge in [0, 0.05) is 22.9 Å². The van der Waals surface area contributed by atoms with Crippen LogP contribution < -0.4 is 0 Å². The van der Waals surface area contributed by atoms with E-state index in [1.807, 2.05) is 0 Å². The first-order valence-corrected chi connectivity index (χ1v) is 7.33. The van der Waals surface area contributed by atoms with Crippen molar-refractivity contribution in [1.82, 2.24) is 4.90 Å². The zero-order chi connectivity index (χ0) is 12.4. The van der Waals surface area contributed by atoms with Crippen LogP contribution in [-0.2, 0) is 0 Å². The molecule has 1 aliphatic rings. The van der Waals surface area contributed by atoms with Crippen LogP contribution in [0.4, 0.5) is 4.39 Å². The lowest BCUT2D eigenvalue weighted by atomic mass is 10.2. The van der Waals surface area contributed by atoms with Gasteiger partial charge in [0.1, 0.15) is 5.82 Å². The lowest BCUT2D eigenvalue weighted by Crippen LogP contribution is -2.29. The summed E-state index contributed by atoms with van der Waals surface area (Å²) < 4.78 is 13.8. The highest BCUT2D eigenvalue weighted by atomic mass is 79.9. The molecule has 1 aliphatic heterocycles. The number of rotatable bonds is 2. The second-order valence-electron chi connectivity index (χ2n) is 4.18. The van der Waals surface area contributed by atoms with Gasteiger partial charge in [-0.3, -0.25) is 4.79 Å². The van der Waals surface area contributed by atoms with E-state index in [0.717, 1.165) is 24.8 Å². The SMILES string of the molecule is O=C(c1cc(F)ccc1Br)N1CCC(CBr)C1. The molecule has 1 heterocycles. The zero-order valence-electron chi connectivity index (χ0n) is 9.13. The first-order valence-electron chi connectivity index (χ1n) is 5.42. The van der Waals surface area contributed by atoms with Crippen LogP contribution in [0.5, 0.6) is 0 Å². The van der Waals surface area contributed by atoms with Crippen molar-refractivity contribution in [3.63, 3.8) is 0 Å². The van der Waals surface area contributed by atoms with Crippen LogP contribution in [-0.4, -0.2) is 29.2 Å². The van der Waals surface area contributed by atoms with Gasteiger partial charge in [-0.1, -0.05) is 15.9 Å². The van der Waals surface area contributed by atoms with Gasteiger partial charge in [-0.15, -0.1) is 0 Å². The van der Waals surface area contributed by atoms with E-state index >= 15 is 0 Å². The molecule has 1 saturated heterocycles. The molecule has 2 rings (SSSR count). The van der Waals surface area contributed by atoms with Gasteiger partial charge < -0.3 is 4.90 Å². The van der Waals surface area contributed by atoms with Gasteiger partial charge in [0.2, 0.25) is 0 Å². The predicted octanol–water partition coefficient (Wildman–Crippen LogP) is 3.45. The van der Waals surface area contributed by atoms with Gasteiger partial charge in [0.05, 0.1) is 5.56 Å². The molecule has 1 aromatic rings. The molecule has 1 aromatic carbocycles. The summed E-state index contributed by atoms with van der Waals surface area (Å²) in [7, 11) is 0. The molecule has 1 unspecified atom stereocenters. The minimum absolute atomic E-state index is 0.0974. The highest BCUT2D eigenvalue weighted by Crippen LogP contribution is 2.24. The van der Waals surface area contributed by atoms with Gasteiger partial charge in [0.15, 0.2) is 0 Å². The summed E-state index contributed by atoms with van der Waals surface area (Å²) in [5.41, 5.74) is 0.403. The largest absolute Gasteiger partial charge is 0.338 e. The topological polar surface area (TPSA) is 20.3 Å². The lowest BCUT2D eigenvalue weighted by molar-refractivity contribution is 0.0787. The molecule has 0 bridgehead atoms. The van der Waals surface area contributed by atoms with Crippen LogP contribution in [0.2, 0.25) is 0 Å². The minimum atomic E-state index is -0.382. The molecule has 0 N–H and O–H groups in total. The van der Waals surface area contributed by atoms with Gasteiger partial charge in [-0.25, -0.2) is 4.39 Å². The number of carbonyl (C=O) groups is 1. The van der Waals surface area contributed by atoms with Crippen molar-refractivity contribution in [3.05, 3.63) is 34.1 Å². The van der Waals surface area contributed by atoms with Crippen LogP contribution >= 0.6 is 31.9 Å². The summed E-state index contributed by atoms with van der Waals surface area (Å²) in [6.07, 6.45) is 1.00. The number of hydrogen-bond acceptors (Lipinski definition) is 1. The molecule has 0 aliphatic carbocycles.